The molecule has 5 heteroatoms. The number of nitrogens with zero attached hydrogens (tertiary/aromatic N) is 1. The summed E-state index contributed by atoms with van der Waals surface area (Å²) in [5.74, 6) is 1.62. The average molecular weight is 448 g/mol. The van der Waals surface area contributed by atoms with Crippen LogP contribution >= 0.6 is 0 Å². The molecule has 2 heterocycles. The van der Waals surface area contributed by atoms with Gasteiger partial charge in [-0.2, -0.15) is 0 Å². The number of para-hydroxylation sites is 1. The number of allylic oxidation sites excluding steroid dienone is 1. The van der Waals surface area contributed by atoms with Gasteiger partial charge in [-0.05, 0) is 64.7 Å². The second-order valence-electron chi connectivity index (χ2n) is 8.74. The van der Waals surface area contributed by atoms with E-state index in [2.05, 4.69) is 13.0 Å². The highest BCUT2D eigenvalue weighted by Gasteiger charge is 2.24. The number of amides is 1. The molecule has 4 rings (SSSR count). The van der Waals surface area contributed by atoms with Gasteiger partial charge in [0.25, 0.3) is 0 Å². The molecule has 1 amide bonds. The highest BCUT2D eigenvalue weighted by Crippen LogP contribution is 2.42. The third kappa shape index (κ3) is 4.37. The van der Waals surface area contributed by atoms with E-state index in [0.717, 1.165) is 69.7 Å². The van der Waals surface area contributed by atoms with Crippen LogP contribution in [0, 0.1) is 6.92 Å². The van der Waals surface area contributed by atoms with Crippen LogP contribution in [0.1, 0.15) is 51.2 Å². The van der Waals surface area contributed by atoms with Crippen molar-refractivity contribution in [2.24, 2.45) is 0 Å². The molecule has 0 aliphatic carbocycles. The quantitative estimate of drug-likeness (QED) is 0.399. The number of hydrogen-bond acceptors (Lipinski definition) is 4. The van der Waals surface area contributed by atoms with E-state index >= 15 is 0 Å². The van der Waals surface area contributed by atoms with Gasteiger partial charge in [-0.3, -0.25) is 4.79 Å². The van der Waals surface area contributed by atoms with Crippen LogP contribution in [-0.2, 0) is 4.79 Å². The zero-order chi connectivity index (χ0) is 23.5. The number of rotatable bonds is 6. The molecule has 5 nitrogen and oxygen atoms in total. The van der Waals surface area contributed by atoms with E-state index in [0.29, 0.717) is 6.61 Å². The molecule has 1 aliphatic heterocycles. The van der Waals surface area contributed by atoms with Gasteiger partial charge in [-0.15, -0.1) is 0 Å². The second-order valence-corrected chi connectivity index (χ2v) is 8.74. The lowest BCUT2D eigenvalue weighted by molar-refractivity contribution is -0.129. The van der Waals surface area contributed by atoms with E-state index in [1.54, 1.807) is 19.4 Å². The van der Waals surface area contributed by atoms with Crippen LogP contribution in [0.4, 0.5) is 0 Å². The maximum atomic E-state index is 13.1. The molecule has 0 radical (unpaired) electrons. The minimum atomic E-state index is 0.0667. The number of carbonyl (C=O) groups is 1. The van der Waals surface area contributed by atoms with Crippen molar-refractivity contribution in [2.75, 3.05) is 20.3 Å². The van der Waals surface area contributed by atoms with Gasteiger partial charge in [0.1, 0.15) is 17.1 Å². The van der Waals surface area contributed by atoms with E-state index in [9.17, 15) is 4.79 Å². The molecule has 0 spiro atoms. The predicted octanol–water partition coefficient (Wildman–Crippen LogP) is 6.62. The van der Waals surface area contributed by atoms with Crippen molar-refractivity contribution in [1.29, 1.82) is 0 Å². The fraction of sp³-hybridized carbons (Fsp3) is 0.393. The lowest BCUT2D eigenvalue weighted by Gasteiger charge is -2.32. The zero-order valence-corrected chi connectivity index (χ0v) is 20.2. The van der Waals surface area contributed by atoms with Crippen LogP contribution in [0.25, 0.3) is 27.7 Å². The van der Waals surface area contributed by atoms with E-state index in [1.165, 1.54) is 6.42 Å². The van der Waals surface area contributed by atoms with Crippen molar-refractivity contribution in [3.8, 4) is 22.6 Å². The van der Waals surface area contributed by atoms with Crippen LogP contribution < -0.4 is 9.47 Å². The van der Waals surface area contributed by atoms with Crippen molar-refractivity contribution in [3.05, 3.63) is 53.8 Å². The molecule has 174 valence electrons. The minimum Gasteiger partial charge on any atom is -0.496 e. The fourth-order valence-corrected chi connectivity index (χ4v) is 4.79. The largest absolute Gasteiger partial charge is 0.496 e. The molecule has 1 aromatic heterocycles. The van der Waals surface area contributed by atoms with Gasteiger partial charge < -0.3 is 18.8 Å². The Morgan fingerprint density at radius 3 is 2.76 bits per heavy atom. The number of fused-ring (bicyclic) bond motifs is 1. The second kappa shape index (κ2) is 9.74. The lowest BCUT2D eigenvalue weighted by Crippen LogP contribution is -2.41. The molecular weight excluding hydrogens is 414 g/mol. The van der Waals surface area contributed by atoms with Gasteiger partial charge in [0, 0.05) is 46.3 Å². The standard InChI is InChI=1S/C28H33NO4/c1-6-32-27-20(4)28-23(24(17-33-28)21-12-7-8-13-25(21)31-5)16-22(27)18(2)15-26(30)29-14-10-9-11-19(29)3/h7-8,12-13,15-17,19H,6,9-11,14H2,1-5H3/b18-15+. The van der Waals surface area contributed by atoms with Crippen molar-refractivity contribution in [3.63, 3.8) is 0 Å². The summed E-state index contributed by atoms with van der Waals surface area (Å²) in [4.78, 5) is 15.1. The Kier molecular flexibility index (Phi) is 6.77. The first-order valence-corrected chi connectivity index (χ1v) is 11.8. The van der Waals surface area contributed by atoms with Crippen molar-refractivity contribution >= 4 is 22.4 Å². The number of benzene rings is 2. The van der Waals surface area contributed by atoms with Crippen LogP contribution in [0.2, 0.25) is 0 Å². The number of ether oxygens (including phenoxy) is 2. The highest BCUT2D eigenvalue weighted by atomic mass is 16.5. The van der Waals surface area contributed by atoms with Gasteiger partial charge in [0.05, 0.1) is 20.0 Å². The molecule has 1 unspecified atom stereocenters. The number of piperidine rings is 1. The Morgan fingerprint density at radius 1 is 1.24 bits per heavy atom. The molecule has 0 saturated carbocycles. The third-order valence-corrected chi connectivity index (χ3v) is 6.58. The summed E-state index contributed by atoms with van der Waals surface area (Å²) in [6.45, 7) is 9.44. The molecule has 33 heavy (non-hydrogen) atoms. The van der Waals surface area contributed by atoms with E-state index in [-0.39, 0.29) is 11.9 Å². The summed E-state index contributed by atoms with van der Waals surface area (Å²) in [5, 5.41) is 0.974. The first-order chi connectivity index (χ1) is 16.0. The molecule has 1 saturated heterocycles. The maximum Gasteiger partial charge on any atom is 0.247 e. The van der Waals surface area contributed by atoms with Gasteiger partial charge >= 0.3 is 0 Å². The molecule has 0 N–H and O–H groups in total. The normalized spacial score (nSPS) is 16.8. The topological polar surface area (TPSA) is 51.9 Å². The smallest absolute Gasteiger partial charge is 0.247 e. The van der Waals surface area contributed by atoms with Gasteiger partial charge in [0.15, 0.2) is 0 Å². The molecule has 2 aromatic carbocycles. The van der Waals surface area contributed by atoms with Crippen molar-refractivity contribution < 1.29 is 18.7 Å². The lowest BCUT2D eigenvalue weighted by atomic mass is 9.95. The highest BCUT2D eigenvalue weighted by molar-refractivity contribution is 6.02. The maximum absolute atomic E-state index is 13.1. The molecular formula is C28H33NO4. The van der Waals surface area contributed by atoms with E-state index < -0.39 is 0 Å². The van der Waals surface area contributed by atoms with E-state index in [4.69, 9.17) is 13.9 Å². The number of likely N-dealkylation sites (tertiary alicyclic amines) is 1. The Balaban J connectivity index is 1.84. The molecule has 3 aromatic rings. The number of aryl methyl sites for hydroxylation is 1. The Hall–Kier alpha value is -3.21. The minimum absolute atomic E-state index is 0.0667. The summed E-state index contributed by atoms with van der Waals surface area (Å²) in [5.41, 5.74) is 5.44. The van der Waals surface area contributed by atoms with Crippen LogP contribution in [-0.4, -0.2) is 37.1 Å². The Labute approximate surface area is 196 Å². The summed E-state index contributed by atoms with van der Waals surface area (Å²) < 4.78 is 17.7. The number of hydrogen-bond donors (Lipinski definition) is 0. The fourth-order valence-electron chi connectivity index (χ4n) is 4.79. The van der Waals surface area contributed by atoms with Gasteiger partial charge in [-0.1, -0.05) is 18.2 Å². The average Bonchev–Trinajstić information content (AvgIpc) is 3.25. The number of methoxy groups -OCH3 is 1. The Morgan fingerprint density at radius 2 is 2.03 bits per heavy atom. The predicted molar refractivity (Wildman–Crippen MR) is 133 cm³/mol. The molecule has 1 atom stereocenters. The first kappa shape index (κ1) is 23.0. The molecule has 1 fully saturated rings. The molecule has 0 bridgehead atoms. The number of carbonyl (C=O) groups excluding carboxylic acids is 1. The summed E-state index contributed by atoms with van der Waals surface area (Å²) in [6, 6.07) is 10.3. The zero-order valence-electron chi connectivity index (χ0n) is 20.2. The summed E-state index contributed by atoms with van der Waals surface area (Å²) in [7, 11) is 1.67. The van der Waals surface area contributed by atoms with Crippen molar-refractivity contribution in [2.45, 2.75) is 53.0 Å². The monoisotopic (exact) mass is 447 g/mol. The third-order valence-electron chi connectivity index (χ3n) is 6.58. The van der Waals surface area contributed by atoms with Gasteiger partial charge in [0.2, 0.25) is 5.91 Å². The number of furan rings is 1. The molecule has 1 aliphatic rings. The van der Waals surface area contributed by atoms with Gasteiger partial charge in [-0.25, -0.2) is 0 Å². The van der Waals surface area contributed by atoms with E-state index in [1.807, 2.05) is 49.9 Å². The summed E-state index contributed by atoms with van der Waals surface area (Å²) >= 11 is 0. The Bertz CT molecular complexity index is 1190. The van der Waals surface area contributed by atoms with Crippen LogP contribution in [0.5, 0.6) is 11.5 Å². The SMILES string of the molecule is CCOc1c(/C(C)=C/C(=O)N2CCCCC2C)cc2c(-c3ccccc3OC)coc2c1C. The first-order valence-electron chi connectivity index (χ1n) is 11.8. The van der Waals surface area contributed by atoms with Crippen LogP contribution in [0.15, 0.2) is 47.1 Å². The summed E-state index contributed by atoms with van der Waals surface area (Å²) in [6.07, 6.45) is 6.84. The van der Waals surface area contributed by atoms with Crippen LogP contribution in [0.3, 0.4) is 0 Å². The van der Waals surface area contributed by atoms with Crippen molar-refractivity contribution in [1.82, 2.24) is 4.90 Å².